The summed E-state index contributed by atoms with van der Waals surface area (Å²) in [4.78, 5) is 28.7. The first-order valence-corrected chi connectivity index (χ1v) is 3.02. The van der Waals surface area contributed by atoms with Gasteiger partial charge in [-0.25, -0.2) is 4.79 Å². The minimum absolute atomic E-state index is 0.464. The van der Waals surface area contributed by atoms with E-state index in [2.05, 4.69) is 9.82 Å². The third kappa shape index (κ3) is 1.31. The van der Waals surface area contributed by atoms with Crippen LogP contribution in [-0.4, -0.2) is 16.8 Å². The van der Waals surface area contributed by atoms with Gasteiger partial charge in [-0.2, -0.15) is 0 Å². The van der Waals surface area contributed by atoms with Crippen LogP contribution in [0, 0.1) is 6.92 Å². The molecule has 0 saturated carbocycles. The van der Waals surface area contributed by atoms with Crippen LogP contribution in [0.1, 0.15) is 5.69 Å². The standard InChI is InChI=1S/C6H8N2O3/c1-4-3-5(9)8(11-2)6(10)7-4/h3H,1-2H3,(H,7,10). The Hall–Kier alpha value is -1.52. The normalized spacial score (nSPS) is 9.64. The smallest absolute Gasteiger partial charge is 0.362 e. The Labute approximate surface area is 62.2 Å². The summed E-state index contributed by atoms with van der Waals surface area (Å²) in [6.07, 6.45) is 0. The molecule has 0 aliphatic rings. The molecule has 0 radical (unpaired) electrons. The molecule has 0 aliphatic carbocycles. The second kappa shape index (κ2) is 2.61. The highest BCUT2D eigenvalue weighted by Gasteiger charge is 1.99. The van der Waals surface area contributed by atoms with Crippen LogP contribution in [0.5, 0.6) is 0 Å². The predicted molar refractivity (Wildman–Crippen MR) is 38.6 cm³/mol. The quantitative estimate of drug-likeness (QED) is 0.561. The number of rotatable bonds is 1. The van der Waals surface area contributed by atoms with Crippen LogP contribution in [0.3, 0.4) is 0 Å². The van der Waals surface area contributed by atoms with Crippen molar-refractivity contribution in [1.82, 2.24) is 9.71 Å². The van der Waals surface area contributed by atoms with E-state index in [1.807, 2.05) is 0 Å². The molecule has 11 heavy (non-hydrogen) atoms. The molecule has 0 aromatic carbocycles. The molecular formula is C6H8N2O3. The van der Waals surface area contributed by atoms with Crippen LogP contribution >= 0.6 is 0 Å². The average molecular weight is 156 g/mol. The number of H-pyrrole nitrogens is 1. The van der Waals surface area contributed by atoms with Crippen molar-refractivity contribution >= 4 is 0 Å². The monoisotopic (exact) mass is 156 g/mol. The van der Waals surface area contributed by atoms with Gasteiger partial charge >= 0.3 is 5.69 Å². The largest absolute Gasteiger partial charge is 0.409 e. The van der Waals surface area contributed by atoms with E-state index < -0.39 is 11.2 Å². The van der Waals surface area contributed by atoms with E-state index in [1.165, 1.54) is 13.2 Å². The maximum atomic E-state index is 10.9. The molecule has 1 heterocycles. The Balaban J connectivity index is 3.50. The molecule has 5 nitrogen and oxygen atoms in total. The third-order valence-corrected chi connectivity index (χ3v) is 1.21. The van der Waals surface area contributed by atoms with Gasteiger partial charge in [0, 0.05) is 11.8 Å². The number of nitrogens with one attached hydrogen (secondary N) is 1. The third-order valence-electron chi connectivity index (χ3n) is 1.21. The Morgan fingerprint density at radius 1 is 1.55 bits per heavy atom. The number of aromatic amines is 1. The first-order valence-electron chi connectivity index (χ1n) is 3.02. The lowest BCUT2D eigenvalue weighted by atomic mass is 10.5. The van der Waals surface area contributed by atoms with Gasteiger partial charge in [-0.3, -0.25) is 4.79 Å². The van der Waals surface area contributed by atoms with E-state index >= 15 is 0 Å². The van der Waals surface area contributed by atoms with Crippen LogP contribution in [0.25, 0.3) is 0 Å². The average Bonchev–Trinajstić information content (AvgIpc) is 1.85. The Morgan fingerprint density at radius 2 is 2.18 bits per heavy atom. The highest BCUT2D eigenvalue weighted by atomic mass is 16.7. The van der Waals surface area contributed by atoms with Gasteiger partial charge in [0.2, 0.25) is 0 Å². The van der Waals surface area contributed by atoms with Gasteiger partial charge in [0.15, 0.2) is 0 Å². The van der Waals surface area contributed by atoms with Gasteiger partial charge in [0.1, 0.15) is 7.11 Å². The van der Waals surface area contributed by atoms with E-state index in [0.29, 0.717) is 10.4 Å². The molecule has 0 spiro atoms. The fraction of sp³-hybridized carbons (Fsp3) is 0.333. The summed E-state index contributed by atoms with van der Waals surface area (Å²) in [5, 5.41) is 0. The van der Waals surface area contributed by atoms with Crippen molar-refractivity contribution in [2.75, 3.05) is 7.11 Å². The molecular weight excluding hydrogens is 148 g/mol. The molecule has 0 amide bonds. The summed E-state index contributed by atoms with van der Waals surface area (Å²) in [5.74, 6) is 0. The topological polar surface area (TPSA) is 64.1 Å². The molecule has 1 rings (SSSR count). The van der Waals surface area contributed by atoms with Crippen LogP contribution in [0.15, 0.2) is 15.7 Å². The first kappa shape index (κ1) is 7.59. The van der Waals surface area contributed by atoms with Gasteiger partial charge in [0.25, 0.3) is 5.56 Å². The molecule has 1 aromatic rings. The van der Waals surface area contributed by atoms with E-state index in [0.717, 1.165) is 0 Å². The zero-order valence-electron chi connectivity index (χ0n) is 6.25. The van der Waals surface area contributed by atoms with Crippen LogP contribution in [0.4, 0.5) is 0 Å². The lowest BCUT2D eigenvalue weighted by molar-refractivity contribution is 0.144. The van der Waals surface area contributed by atoms with Gasteiger partial charge in [0.05, 0.1) is 0 Å². The summed E-state index contributed by atoms with van der Waals surface area (Å²) in [7, 11) is 1.26. The lowest BCUT2D eigenvalue weighted by Gasteiger charge is -1.99. The molecule has 0 atom stereocenters. The minimum Gasteiger partial charge on any atom is -0.409 e. The van der Waals surface area contributed by atoms with Crippen molar-refractivity contribution in [3.8, 4) is 0 Å². The molecule has 60 valence electrons. The number of hydrogen-bond donors (Lipinski definition) is 1. The fourth-order valence-corrected chi connectivity index (χ4v) is 0.772. The minimum atomic E-state index is -0.558. The van der Waals surface area contributed by atoms with Gasteiger partial charge < -0.3 is 9.82 Å². The van der Waals surface area contributed by atoms with Gasteiger partial charge in [-0.05, 0) is 6.92 Å². The second-order valence-corrected chi connectivity index (χ2v) is 2.07. The Bertz CT molecular complexity index is 332. The second-order valence-electron chi connectivity index (χ2n) is 2.07. The predicted octanol–water partition coefficient (Wildman–Crippen LogP) is -1.10. The summed E-state index contributed by atoms with van der Waals surface area (Å²) < 4.78 is 0.646. The first-order chi connectivity index (χ1) is 5.15. The van der Waals surface area contributed by atoms with Gasteiger partial charge in [-0.15, -0.1) is 0 Å². The highest BCUT2D eigenvalue weighted by Crippen LogP contribution is 1.76. The van der Waals surface area contributed by atoms with Crippen molar-refractivity contribution in [3.05, 3.63) is 32.6 Å². The van der Waals surface area contributed by atoms with Crippen LogP contribution in [0.2, 0.25) is 0 Å². The Morgan fingerprint density at radius 3 is 2.64 bits per heavy atom. The van der Waals surface area contributed by atoms with Crippen molar-refractivity contribution in [2.24, 2.45) is 0 Å². The Kier molecular flexibility index (Phi) is 1.80. The molecule has 0 bridgehead atoms. The lowest BCUT2D eigenvalue weighted by Crippen LogP contribution is -2.38. The van der Waals surface area contributed by atoms with E-state index in [1.54, 1.807) is 6.92 Å². The summed E-state index contributed by atoms with van der Waals surface area (Å²) in [5.41, 5.74) is -0.500. The number of nitrogens with zero attached hydrogens (tertiary/aromatic N) is 1. The molecule has 0 aliphatic heterocycles. The molecule has 1 aromatic heterocycles. The maximum absolute atomic E-state index is 10.9. The van der Waals surface area contributed by atoms with E-state index in [-0.39, 0.29) is 0 Å². The molecule has 5 heteroatoms. The number of aromatic nitrogens is 2. The summed E-state index contributed by atoms with van der Waals surface area (Å²) >= 11 is 0. The summed E-state index contributed by atoms with van der Waals surface area (Å²) in [6.45, 7) is 1.63. The van der Waals surface area contributed by atoms with E-state index in [9.17, 15) is 9.59 Å². The maximum Gasteiger partial charge on any atom is 0.362 e. The molecule has 0 unspecified atom stereocenters. The fourth-order valence-electron chi connectivity index (χ4n) is 0.772. The van der Waals surface area contributed by atoms with Crippen LogP contribution < -0.4 is 16.1 Å². The van der Waals surface area contributed by atoms with Crippen molar-refractivity contribution in [2.45, 2.75) is 6.92 Å². The zero-order valence-corrected chi connectivity index (χ0v) is 6.25. The molecule has 1 N–H and O–H groups in total. The SMILES string of the molecule is COn1c(=O)cc(C)[nH]c1=O. The van der Waals surface area contributed by atoms with E-state index in [4.69, 9.17) is 0 Å². The highest BCUT2D eigenvalue weighted by molar-refractivity contribution is 4.95. The van der Waals surface area contributed by atoms with Crippen LogP contribution in [-0.2, 0) is 0 Å². The molecule has 0 saturated heterocycles. The summed E-state index contributed by atoms with van der Waals surface area (Å²) in [6, 6.07) is 1.28. The van der Waals surface area contributed by atoms with Crippen molar-refractivity contribution < 1.29 is 4.84 Å². The van der Waals surface area contributed by atoms with Gasteiger partial charge in [-0.1, -0.05) is 4.73 Å². The zero-order chi connectivity index (χ0) is 8.43. The van der Waals surface area contributed by atoms with Crippen molar-refractivity contribution in [1.29, 1.82) is 0 Å². The van der Waals surface area contributed by atoms with Crippen molar-refractivity contribution in [3.63, 3.8) is 0 Å². The number of aryl methyl sites for hydroxylation is 1. The molecule has 0 fully saturated rings. The number of hydrogen-bond acceptors (Lipinski definition) is 3.